The Balaban J connectivity index is 2.51. The molecular formula is C14H17N3O. The summed E-state index contributed by atoms with van der Waals surface area (Å²) in [4.78, 5) is 8.43. The quantitative estimate of drug-likeness (QED) is 0.897. The first kappa shape index (κ1) is 12.5. The Bertz CT molecular complexity index is 534. The van der Waals surface area contributed by atoms with Crippen LogP contribution in [0.15, 0.2) is 30.6 Å². The van der Waals surface area contributed by atoms with Crippen molar-refractivity contribution in [3.8, 4) is 5.88 Å². The Morgan fingerprint density at radius 3 is 2.33 bits per heavy atom. The van der Waals surface area contributed by atoms with Crippen molar-refractivity contribution >= 4 is 0 Å². The fraction of sp³-hybridized carbons (Fsp3) is 0.286. The number of nitrogens with two attached hydrogens (primary N) is 1. The lowest BCUT2D eigenvalue weighted by Crippen LogP contribution is -2.17. The minimum absolute atomic E-state index is 0.324. The number of nitrogens with zero attached hydrogens (tertiary/aromatic N) is 2. The molecule has 0 fully saturated rings. The summed E-state index contributed by atoms with van der Waals surface area (Å²) in [5, 5.41) is 0. The highest BCUT2D eigenvalue weighted by Crippen LogP contribution is 2.28. The molecule has 1 unspecified atom stereocenters. The number of hydrogen-bond donors (Lipinski definition) is 1. The molecular weight excluding hydrogens is 226 g/mol. The molecule has 0 aliphatic rings. The number of methoxy groups -OCH3 is 1. The summed E-state index contributed by atoms with van der Waals surface area (Å²) in [5.41, 5.74) is 10.4. The summed E-state index contributed by atoms with van der Waals surface area (Å²) in [5.74, 6) is 0.479. The number of benzene rings is 1. The standard InChI is InChI=1S/C14H17N3O/c1-9-5-4-6-10(2)11(9)12(15)13-14(18-3)17-8-7-16-13/h4-8,12H,15H2,1-3H3. The molecule has 0 aliphatic carbocycles. The Morgan fingerprint density at radius 2 is 1.72 bits per heavy atom. The maximum absolute atomic E-state index is 6.31. The fourth-order valence-electron chi connectivity index (χ4n) is 2.16. The number of ether oxygens (including phenoxy) is 1. The predicted molar refractivity (Wildman–Crippen MR) is 70.5 cm³/mol. The van der Waals surface area contributed by atoms with Gasteiger partial charge in [0.25, 0.3) is 0 Å². The number of aromatic nitrogens is 2. The van der Waals surface area contributed by atoms with Crippen molar-refractivity contribution in [1.82, 2.24) is 9.97 Å². The van der Waals surface area contributed by atoms with E-state index >= 15 is 0 Å². The van der Waals surface area contributed by atoms with E-state index in [1.807, 2.05) is 32.0 Å². The second-order valence-electron chi connectivity index (χ2n) is 4.23. The summed E-state index contributed by atoms with van der Waals surface area (Å²) in [6.45, 7) is 4.09. The van der Waals surface area contributed by atoms with Gasteiger partial charge in [-0.15, -0.1) is 0 Å². The van der Waals surface area contributed by atoms with Crippen LogP contribution in [0, 0.1) is 13.8 Å². The first-order chi connectivity index (χ1) is 8.65. The molecule has 1 aromatic carbocycles. The van der Waals surface area contributed by atoms with Gasteiger partial charge in [0.2, 0.25) is 5.88 Å². The van der Waals surface area contributed by atoms with Gasteiger partial charge in [0.15, 0.2) is 0 Å². The zero-order valence-electron chi connectivity index (χ0n) is 10.8. The van der Waals surface area contributed by atoms with Crippen LogP contribution in [0.25, 0.3) is 0 Å². The SMILES string of the molecule is COc1nccnc1C(N)c1c(C)cccc1C. The van der Waals surface area contributed by atoms with Crippen LogP contribution in [-0.4, -0.2) is 17.1 Å². The lowest BCUT2D eigenvalue weighted by molar-refractivity contribution is 0.387. The summed E-state index contributed by atoms with van der Waals surface area (Å²) < 4.78 is 5.21. The van der Waals surface area contributed by atoms with E-state index in [1.54, 1.807) is 19.5 Å². The lowest BCUT2D eigenvalue weighted by Gasteiger charge is -2.18. The number of aryl methyl sites for hydroxylation is 2. The molecule has 4 nitrogen and oxygen atoms in total. The van der Waals surface area contributed by atoms with Gasteiger partial charge in [0, 0.05) is 12.4 Å². The fourth-order valence-corrected chi connectivity index (χ4v) is 2.16. The zero-order chi connectivity index (χ0) is 13.1. The van der Waals surface area contributed by atoms with Gasteiger partial charge in [-0.05, 0) is 30.5 Å². The van der Waals surface area contributed by atoms with Gasteiger partial charge >= 0.3 is 0 Å². The van der Waals surface area contributed by atoms with E-state index in [2.05, 4.69) is 9.97 Å². The van der Waals surface area contributed by atoms with Crippen molar-refractivity contribution in [2.24, 2.45) is 5.73 Å². The highest BCUT2D eigenvalue weighted by Gasteiger charge is 2.19. The third kappa shape index (κ3) is 2.19. The van der Waals surface area contributed by atoms with Crippen molar-refractivity contribution < 1.29 is 4.74 Å². The topological polar surface area (TPSA) is 61.0 Å². The Hall–Kier alpha value is -1.94. The Kier molecular flexibility index (Phi) is 3.58. The maximum atomic E-state index is 6.31. The Labute approximate surface area is 107 Å². The summed E-state index contributed by atoms with van der Waals surface area (Å²) in [6, 6.07) is 5.79. The zero-order valence-corrected chi connectivity index (χ0v) is 10.8. The molecule has 0 saturated carbocycles. The second-order valence-corrected chi connectivity index (χ2v) is 4.23. The maximum Gasteiger partial charge on any atom is 0.237 e. The predicted octanol–water partition coefficient (Wildman–Crippen LogP) is 2.15. The van der Waals surface area contributed by atoms with E-state index in [4.69, 9.17) is 10.5 Å². The van der Waals surface area contributed by atoms with Gasteiger partial charge in [0.1, 0.15) is 5.69 Å². The normalized spacial score (nSPS) is 12.2. The second kappa shape index (κ2) is 5.14. The highest BCUT2D eigenvalue weighted by atomic mass is 16.5. The van der Waals surface area contributed by atoms with Gasteiger partial charge in [-0.2, -0.15) is 0 Å². The van der Waals surface area contributed by atoms with Crippen molar-refractivity contribution in [2.45, 2.75) is 19.9 Å². The average molecular weight is 243 g/mol. The molecule has 1 atom stereocenters. The van der Waals surface area contributed by atoms with Crippen molar-refractivity contribution in [3.63, 3.8) is 0 Å². The number of hydrogen-bond acceptors (Lipinski definition) is 4. The molecule has 2 aromatic rings. The van der Waals surface area contributed by atoms with Crippen LogP contribution in [0.5, 0.6) is 5.88 Å². The molecule has 94 valence electrons. The van der Waals surface area contributed by atoms with Gasteiger partial charge in [-0.3, -0.25) is 4.98 Å². The van der Waals surface area contributed by atoms with Crippen LogP contribution in [0.2, 0.25) is 0 Å². The smallest absolute Gasteiger partial charge is 0.237 e. The molecule has 0 bridgehead atoms. The van der Waals surface area contributed by atoms with Crippen LogP contribution >= 0.6 is 0 Å². The van der Waals surface area contributed by atoms with E-state index in [9.17, 15) is 0 Å². The average Bonchev–Trinajstić information content (AvgIpc) is 2.38. The third-order valence-electron chi connectivity index (χ3n) is 3.03. The molecule has 0 radical (unpaired) electrons. The molecule has 0 aliphatic heterocycles. The van der Waals surface area contributed by atoms with E-state index in [1.165, 1.54) is 0 Å². The highest BCUT2D eigenvalue weighted by molar-refractivity contribution is 5.41. The minimum Gasteiger partial charge on any atom is -0.480 e. The Morgan fingerprint density at radius 1 is 1.11 bits per heavy atom. The van der Waals surface area contributed by atoms with Crippen LogP contribution in [0.3, 0.4) is 0 Å². The van der Waals surface area contributed by atoms with Gasteiger partial charge < -0.3 is 10.5 Å². The van der Waals surface area contributed by atoms with Crippen LogP contribution < -0.4 is 10.5 Å². The molecule has 0 amide bonds. The van der Waals surface area contributed by atoms with Crippen LogP contribution in [0.4, 0.5) is 0 Å². The minimum atomic E-state index is -0.324. The van der Waals surface area contributed by atoms with E-state index in [-0.39, 0.29) is 6.04 Å². The van der Waals surface area contributed by atoms with E-state index in [0.717, 1.165) is 16.7 Å². The third-order valence-corrected chi connectivity index (χ3v) is 3.03. The molecule has 1 aromatic heterocycles. The van der Waals surface area contributed by atoms with E-state index in [0.29, 0.717) is 11.6 Å². The summed E-state index contributed by atoms with van der Waals surface area (Å²) in [7, 11) is 1.57. The molecule has 4 heteroatoms. The largest absolute Gasteiger partial charge is 0.480 e. The molecule has 0 spiro atoms. The lowest BCUT2D eigenvalue weighted by atomic mass is 9.95. The summed E-state index contributed by atoms with van der Waals surface area (Å²) >= 11 is 0. The van der Waals surface area contributed by atoms with Crippen LogP contribution in [0.1, 0.15) is 28.4 Å². The first-order valence-corrected chi connectivity index (χ1v) is 5.81. The van der Waals surface area contributed by atoms with Gasteiger partial charge in [0.05, 0.1) is 13.2 Å². The van der Waals surface area contributed by atoms with Crippen molar-refractivity contribution in [2.75, 3.05) is 7.11 Å². The van der Waals surface area contributed by atoms with Crippen LogP contribution in [-0.2, 0) is 0 Å². The molecule has 2 rings (SSSR count). The number of rotatable bonds is 3. The monoisotopic (exact) mass is 243 g/mol. The summed E-state index contributed by atoms with van der Waals surface area (Å²) in [6.07, 6.45) is 3.23. The van der Waals surface area contributed by atoms with Crippen molar-refractivity contribution in [1.29, 1.82) is 0 Å². The molecule has 18 heavy (non-hydrogen) atoms. The van der Waals surface area contributed by atoms with E-state index < -0.39 is 0 Å². The first-order valence-electron chi connectivity index (χ1n) is 5.81. The van der Waals surface area contributed by atoms with Crippen molar-refractivity contribution in [3.05, 3.63) is 53.0 Å². The van der Waals surface area contributed by atoms with Gasteiger partial charge in [-0.25, -0.2) is 4.98 Å². The van der Waals surface area contributed by atoms with Gasteiger partial charge in [-0.1, -0.05) is 18.2 Å². The molecule has 0 saturated heterocycles. The molecule has 1 heterocycles. The molecule has 2 N–H and O–H groups in total.